The van der Waals surface area contributed by atoms with E-state index in [4.69, 9.17) is 10.5 Å². The Balaban J connectivity index is 0.000000262. The number of hydrogen-bond donors (Lipinski definition) is 5. The molecule has 0 atom stereocenters. The number of nitrogens with two attached hydrogens (primary N) is 1. The van der Waals surface area contributed by atoms with E-state index in [0.717, 1.165) is 17.3 Å². The maximum Gasteiger partial charge on any atom is 0.573 e. The topological polar surface area (TPSA) is 164 Å². The summed E-state index contributed by atoms with van der Waals surface area (Å²) in [5.41, 5.74) is 7.08. The van der Waals surface area contributed by atoms with Gasteiger partial charge in [0.2, 0.25) is 11.8 Å². The van der Waals surface area contributed by atoms with Crippen LogP contribution in [0.2, 0.25) is 0 Å². The van der Waals surface area contributed by atoms with E-state index in [1.165, 1.54) is 28.7 Å². The van der Waals surface area contributed by atoms with Gasteiger partial charge in [0, 0.05) is 24.5 Å². The number of nitrogens with zero attached hydrogens (tertiary/aromatic N) is 1. The number of carbonyl (C=O) groups excluding carboxylic acids is 4. The molecule has 2 fully saturated rings. The molecule has 2 saturated heterocycles. The summed E-state index contributed by atoms with van der Waals surface area (Å²) in [4.78, 5) is 52.2. The molecule has 2 aliphatic rings. The molecule has 4 amide bonds. The van der Waals surface area contributed by atoms with Gasteiger partial charge in [0.15, 0.2) is 0 Å². The minimum absolute atomic E-state index is 0.134. The molecular weight excluding hydrogens is 754 g/mol. The molecule has 3 aromatic carbocycles. The lowest BCUT2D eigenvalue weighted by Gasteiger charge is -2.38. The highest BCUT2D eigenvalue weighted by molar-refractivity contribution is 6.01. The van der Waals surface area contributed by atoms with Crippen LogP contribution in [-0.2, 0) is 14.3 Å². The van der Waals surface area contributed by atoms with Crippen molar-refractivity contribution in [1.82, 2.24) is 15.5 Å². The molecule has 6 N–H and O–H groups in total. The number of rotatable bonds is 9. The van der Waals surface area contributed by atoms with Crippen molar-refractivity contribution in [2.45, 2.75) is 109 Å². The highest BCUT2D eigenvalue weighted by Crippen LogP contribution is 2.30. The summed E-state index contributed by atoms with van der Waals surface area (Å²) in [7, 11) is 0. The average Bonchev–Trinajstić information content (AvgIpc) is 3.14. The van der Waals surface area contributed by atoms with E-state index in [-0.39, 0.29) is 43.3 Å². The van der Waals surface area contributed by atoms with Crippen LogP contribution >= 0.6 is 0 Å². The monoisotopic (exact) mass is 810 g/mol. The largest absolute Gasteiger partial charge is 0.573 e. The highest BCUT2D eigenvalue weighted by Gasteiger charge is 2.43. The number of carbonyl (C=O) groups is 4. The van der Waals surface area contributed by atoms with Crippen LogP contribution in [0.25, 0.3) is 0 Å². The van der Waals surface area contributed by atoms with Crippen molar-refractivity contribution in [2.75, 3.05) is 36.8 Å². The van der Waals surface area contributed by atoms with Crippen LogP contribution in [-0.4, -0.2) is 77.9 Å². The number of nitrogens with one attached hydrogen (secondary N) is 4. The van der Waals surface area contributed by atoms with Gasteiger partial charge in [-0.15, -0.1) is 13.2 Å². The second kappa shape index (κ2) is 19.1. The van der Waals surface area contributed by atoms with Crippen LogP contribution in [0.3, 0.4) is 0 Å². The zero-order valence-corrected chi connectivity index (χ0v) is 34.3. The van der Waals surface area contributed by atoms with Crippen LogP contribution in [0.5, 0.6) is 5.75 Å². The molecule has 0 unspecified atom stereocenters. The van der Waals surface area contributed by atoms with Gasteiger partial charge in [0.05, 0.1) is 11.1 Å². The first-order valence-electron chi connectivity index (χ1n) is 19.6. The van der Waals surface area contributed by atoms with Crippen molar-refractivity contribution in [1.29, 1.82) is 0 Å². The van der Waals surface area contributed by atoms with Crippen molar-refractivity contribution in [3.05, 3.63) is 89.5 Å². The first-order chi connectivity index (χ1) is 27.1. The molecule has 3 aromatic rings. The lowest BCUT2D eigenvalue weighted by atomic mass is 9.87. The number of ether oxygens (including phenoxy) is 2. The summed E-state index contributed by atoms with van der Waals surface area (Å²) in [5.74, 6) is -0.919. The minimum Gasteiger partial charge on any atom is -0.444 e. The molecule has 58 heavy (non-hydrogen) atoms. The second-order valence-corrected chi connectivity index (χ2v) is 16.4. The Kier molecular flexibility index (Phi) is 15.0. The highest BCUT2D eigenvalue weighted by atomic mass is 19.4. The predicted octanol–water partition coefficient (Wildman–Crippen LogP) is 7.68. The Labute approximate surface area is 338 Å². The molecule has 0 aromatic heterocycles. The summed E-state index contributed by atoms with van der Waals surface area (Å²) >= 11 is 0. The average molecular weight is 811 g/mol. The third-order valence-electron chi connectivity index (χ3n) is 10.0. The van der Waals surface area contributed by atoms with Crippen LogP contribution in [0, 0.1) is 0 Å². The van der Waals surface area contributed by atoms with Crippen LogP contribution in [0.15, 0.2) is 72.8 Å². The lowest BCUT2D eigenvalue weighted by Crippen LogP contribution is -2.61. The molecule has 0 bridgehead atoms. The standard InChI is InChI=1S/C23H26F3N3O3.C20H31N3O3/c1-15(2)16-7-9-17(10-8-16)28-21(31)22(27)11-13-29(14-12-22)20(30)18-5-3-4-6-19(18)32-23(24,25)26;1-14(2)15-6-8-16(9-7-15)22-17(24)20(10-12-21-13-11-20)23-18(25)26-19(3,4)5/h3-10,15H,11-14,27H2,1-2H3,(H,28,31);6-9,14,21H,10-13H2,1-5H3,(H,22,24)(H,23,25). The number of piperidine rings is 2. The van der Waals surface area contributed by atoms with Crippen molar-refractivity contribution in [2.24, 2.45) is 5.73 Å². The molecule has 5 rings (SSSR count). The maximum atomic E-state index is 13.0. The Hall–Kier alpha value is -5.15. The van der Waals surface area contributed by atoms with Crippen LogP contribution in [0.1, 0.15) is 107 Å². The quantitative estimate of drug-likeness (QED) is 0.147. The van der Waals surface area contributed by atoms with Crippen molar-refractivity contribution >= 4 is 35.2 Å². The fraction of sp³-hybridized carbons (Fsp3) is 0.488. The van der Waals surface area contributed by atoms with E-state index in [2.05, 4.69) is 53.7 Å². The molecular formula is C43H57F3N6O6. The van der Waals surface area contributed by atoms with Gasteiger partial charge in [-0.3, -0.25) is 14.4 Å². The third kappa shape index (κ3) is 12.9. The number of halogens is 3. The summed E-state index contributed by atoms with van der Waals surface area (Å²) in [6, 6.07) is 20.5. The van der Waals surface area contributed by atoms with E-state index in [1.807, 2.05) is 48.5 Å². The summed E-state index contributed by atoms with van der Waals surface area (Å²) in [6.45, 7) is 15.4. The zero-order chi connectivity index (χ0) is 42.9. The Bertz CT molecular complexity index is 1860. The molecule has 0 saturated carbocycles. The number of likely N-dealkylation sites (tertiary alicyclic amines) is 1. The maximum absolute atomic E-state index is 13.0. The molecule has 2 heterocycles. The van der Waals surface area contributed by atoms with E-state index in [9.17, 15) is 32.3 Å². The first-order valence-corrected chi connectivity index (χ1v) is 19.6. The fourth-order valence-corrected chi connectivity index (χ4v) is 6.53. The van der Waals surface area contributed by atoms with E-state index in [1.54, 1.807) is 20.8 Å². The molecule has 0 spiro atoms. The van der Waals surface area contributed by atoms with Gasteiger partial charge in [0.1, 0.15) is 16.9 Å². The smallest absolute Gasteiger partial charge is 0.444 e. The Morgan fingerprint density at radius 3 is 1.69 bits per heavy atom. The van der Waals surface area contributed by atoms with Gasteiger partial charge in [-0.25, -0.2) is 4.79 Å². The summed E-state index contributed by atoms with van der Waals surface area (Å²) in [5, 5.41) is 11.8. The number of benzene rings is 3. The number of para-hydroxylation sites is 1. The van der Waals surface area contributed by atoms with Crippen LogP contribution in [0.4, 0.5) is 29.3 Å². The SMILES string of the molecule is CC(C)c1ccc(NC(=O)C2(N)CCN(C(=O)c3ccccc3OC(F)(F)F)CC2)cc1.CC(C)c1ccc(NC(=O)C2(NC(=O)OC(C)(C)C)CCNCC2)cc1. The fourth-order valence-electron chi connectivity index (χ4n) is 6.53. The van der Waals surface area contributed by atoms with Crippen molar-refractivity contribution < 1.29 is 41.8 Å². The third-order valence-corrected chi connectivity index (χ3v) is 10.0. The normalized spacial score (nSPS) is 16.4. The molecule has 12 nitrogen and oxygen atoms in total. The minimum atomic E-state index is -4.91. The molecule has 0 radical (unpaired) electrons. The number of alkyl halides is 3. The van der Waals surface area contributed by atoms with Gasteiger partial charge in [-0.1, -0.05) is 64.1 Å². The van der Waals surface area contributed by atoms with Gasteiger partial charge < -0.3 is 41.4 Å². The summed E-state index contributed by atoms with van der Waals surface area (Å²) in [6.07, 6.45) is -4.08. The number of hydrogen-bond acceptors (Lipinski definition) is 8. The van der Waals surface area contributed by atoms with Crippen molar-refractivity contribution in [3.63, 3.8) is 0 Å². The molecule has 2 aliphatic heterocycles. The van der Waals surface area contributed by atoms with Gasteiger partial charge >= 0.3 is 12.5 Å². The molecule has 316 valence electrons. The van der Waals surface area contributed by atoms with E-state index in [0.29, 0.717) is 43.5 Å². The van der Waals surface area contributed by atoms with Gasteiger partial charge in [-0.2, -0.15) is 0 Å². The molecule has 0 aliphatic carbocycles. The van der Waals surface area contributed by atoms with Crippen molar-refractivity contribution in [3.8, 4) is 5.75 Å². The van der Waals surface area contributed by atoms with Gasteiger partial charge in [-0.05, 0) is 119 Å². The van der Waals surface area contributed by atoms with Crippen LogP contribution < -0.4 is 31.7 Å². The Morgan fingerprint density at radius 2 is 1.22 bits per heavy atom. The number of anilines is 2. The lowest BCUT2D eigenvalue weighted by molar-refractivity contribution is -0.274. The van der Waals surface area contributed by atoms with E-state index < -0.39 is 40.8 Å². The number of alkyl carbamates (subject to hydrolysis) is 1. The predicted molar refractivity (Wildman–Crippen MR) is 218 cm³/mol. The Morgan fingerprint density at radius 1 is 0.741 bits per heavy atom. The zero-order valence-electron chi connectivity index (χ0n) is 34.3. The molecule has 15 heteroatoms. The second-order valence-electron chi connectivity index (χ2n) is 16.4. The van der Waals surface area contributed by atoms with E-state index >= 15 is 0 Å². The first kappa shape index (κ1) is 45.6. The number of amides is 4. The summed E-state index contributed by atoms with van der Waals surface area (Å²) < 4.78 is 47.3. The van der Waals surface area contributed by atoms with Gasteiger partial charge in [0.25, 0.3) is 5.91 Å².